The number of carboxylic acid groups (broad SMARTS) is 1. The molecule has 1 radical (unpaired) electrons. The summed E-state index contributed by atoms with van der Waals surface area (Å²) in [5.41, 5.74) is 1.01. The molecule has 1 N–H and O–H groups in total. The number of rotatable bonds is 3. The van der Waals surface area contributed by atoms with Gasteiger partial charge in [0.15, 0.2) is 0 Å². The molecule has 0 aliphatic carbocycles. The largest absolute Gasteiger partial charge is 0.481 e. The summed E-state index contributed by atoms with van der Waals surface area (Å²) in [5, 5.41) is 8.58. The molecule has 0 spiro atoms. The molecule has 0 heterocycles. The van der Waals surface area contributed by atoms with Crippen LogP contribution >= 0.6 is 0 Å². The average Bonchev–Trinajstić information content (AvgIpc) is 2.06. The quantitative estimate of drug-likeness (QED) is 0.737. The maximum absolute atomic E-state index is 10.4. The Balaban J connectivity index is 2.58. The van der Waals surface area contributed by atoms with Crippen LogP contribution in [0, 0.1) is 12.8 Å². The van der Waals surface area contributed by atoms with Crippen LogP contribution in [-0.4, -0.2) is 11.1 Å². The minimum Gasteiger partial charge on any atom is -0.481 e. The van der Waals surface area contributed by atoms with E-state index in [2.05, 4.69) is 6.92 Å². The number of carbonyl (C=O) groups is 1. The molecule has 0 aliphatic heterocycles. The van der Waals surface area contributed by atoms with Crippen molar-refractivity contribution in [3.8, 4) is 0 Å². The van der Waals surface area contributed by atoms with Crippen LogP contribution in [0.25, 0.3) is 0 Å². The molecule has 0 amide bonds. The molecule has 1 rings (SSSR count). The van der Waals surface area contributed by atoms with E-state index in [1.807, 2.05) is 30.3 Å². The first-order valence-corrected chi connectivity index (χ1v) is 3.80. The van der Waals surface area contributed by atoms with Gasteiger partial charge in [0.25, 0.3) is 0 Å². The first-order valence-electron chi connectivity index (χ1n) is 3.80. The molecule has 1 aromatic carbocycles. The van der Waals surface area contributed by atoms with Gasteiger partial charge < -0.3 is 5.11 Å². The summed E-state index contributed by atoms with van der Waals surface area (Å²) in [5.74, 6) is -1.40. The van der Waals surface area contributed by atoms with E-state index in [0.717, 1.165) is 5.56 Å². The summed E-state index contributed by atoms with van der Waals surface area (Å²) in [7, 11) is 0. The zero-order chi connectivity index (χ0) is 8.97. The molecule has 63 valence electrons. The second-order valence-corrected chi connectivity index (χ2v) is 2.72. The highest BCUT2D eigenvalue weighted by Crippen LogP contribution is 2.07. The van der Waals surface area contributed by atoms with Gasteiger partial charge in [-0.3, -0.25) is 4.79 Å². The fourth-order valence-electron chi connectivity index (χ4n) is 0.986. The molecule has 0 unspecified atom stereocenters. The van der Waals surface area contributed by atoms with Gasteiger partial charge >= 0.3 is 5.97 Å². The van der Waals surface area contributed by atoms with Gasteiger partial charge in [0, 0.05) is 0 Å². The Labute approximate surface area is 71.8 Å². The van der Waals surface area contributed by atoms with E-state index in [1.165, 1.54) is 0 Å². The number of benzene rings is 1. The second kappa shape index (κ2) is 3.90. The van der Waals surface area contributed by atoms with Crippen LogP contribution in [0.4, 0.5) is 0 Å². The highest BCUT2D eigenvalue weighted by Gasteiger charge is 2.10. The normalized spacial score (nSPS) is 12.4. The molecule has 0 aromatic heterocycles. The Morgan fingerprint density at radius 1 is 1.42 bits per heavy atom. The maximum atomic E-state index is 10.4. The molecule has 0 saturated carbocycles. The van der Waals surface area contributed by atoms with Crippen LogP contribution in [-0.2, 0) is 11.2 Å². The predicted molar refractivity (Wildman–Crippen MR) is 46.6 cm³/mol. The molecule has 0 fully saturated rings. The monoisotopic (exact) mass is 163 g/mol. The Bertz CT molecular complexity index is 254. The molecular formula is C10H11O2. The van der Waals surface area contributed by atoms with Gasteiger partial charge in [-0.1, -0.05) is 30.3 Å². The number of aliphatic carboxylic acids is 1. The van der Waals surface area contributed by atoms with Crippen molar-refractivity contribution >= 4 is 5.97 Å². The molecule has 2 heteroatoms. The summed E-state index contributed by atoms with van der Waals surface area (Å²) in [6.07, 6.45) is 0.496. The summed E-state index contributed by atoms with van der Waals surface area (Å²) < 4.78 is 0. The number of hydrogen-bond donors (Lipinski definition) is 1. The zero-order valence-electron chi connectivity index (χ0n) is 6.73. The third kappa shape index (κ3) is 2.38. The highest BCUT2D eigenvalue weighted by atomic mass is 16.4. The summed E-state index contributed by atoms with van der Waals surface area (Å²) in [6.45, 7) is 3.53. The second-order valence-electron chi connectivity index (χ2n) is 2.72. The standard InChI is InChI=1S/C10H11O2/c1-8(10(11)12)7-9-5-3-2-4-6-9/h2-6,8H,1,7H2,(H,11,12)/t8-/m0/s1. The third-order valence-electron chi connectivity index (χ3n) is 1.67. The maximum Gasteiger partial charge on any atom is 0.306 e. The minimum absolute atomic E-state index is 0.496. The third-order valence-corrected chi connectivity index (χ3v) is 1.67. The van der Waals surface area contributed by atoms with Gasteiger partial charge in [0.05, 0.1) is 5.92 Å². The lowest BCUT2D eigenvalue weighted by molar-refractivity contribution is -0.140. The molecule has 0 saturated heterocycles. The molecule has 1 aromatic rings. The van der Waals surface area contributed by atoms with Gasteiger partial charge in [-0.2, -0.15) is 0 Å². The summed E-state index contributed by atoms with van der Waals surface area (Å²) >= 11 is 0. The van der Waals surface area contributed by atoms with Gasteiger partial charge in [0.1, 0.15) is 0 Å². The number of carboxylic acids is 1. The lowest BCUT2D eigenvalue weighted by atomic mass is 10.0. The van der Waals surface area contributed by atoms with Crippen LogP contribution < -0.4 is 0 Å². The van der Waals surface area contributed by atoms with Crippen molar-refractivity contribution in [3.63, 3.8) is 0 Å². The Morgan fingerprint density at radius 2 is 2.00 bits per heavy atom. The molecular weight excluding hydrogens is 152 g/mol. The molecule has 12 heavy (non-hydrogen) atoms. The topological polar surface area (TPSA) is 37.3 Å². The van der Waals surface area contributed by atoms with Crippen molar-refractivity contribution in [3.05, 3.63) is 42.8 Å². The highest BCUT2D eigenvalue weighted by molar-refractivity contribution is 5.71. The summed E-state index contributed by atoms with van der Waals surface area (Å²) in [4.78, 5) is 10.4. The van der Waals surface area contributed by atoms with E-state index < -0.39 is 11.9 Å². The van der Waals surface area contributed by atoms with Crippen LogP contribution in [0.5, 0.6) is 0 Å². The van der Waals surface area contributed by atoms with E-state index in [0.29, 0.717) is 6.42 Å². The van der Waals surface area contributed by atoms with E-state index in [9.17, 15) is 4.79 Å². The minimum atomic E-state index is -0.848. The van der Waals surface area contributed by atoms with Crippen molar-refractivity contribution in [2.45, 2.75) is 6.42 Å². The van der Waals surface area contributed by atoms with E-state index in [-0.39, 0.29) is 0 Å². The lowest BCUT2D eigenvalue weighted by Crippen LogP contribution is -2.12. The zero-order valence-corrected chi connectivity index (χ0v) is 6.73. The van der Waals surface area contributed by atoms with Crippen LogP contribution in [0.2, 0.25) is 0 Å². The molecule has 0 bridgehead atoms. The van der Waals surface area contributed by atoms with Gasteiger partial charge in [-0.15, -0.1) is 0 Å². The van der Waals surface area contributed by atoms with Crippen LogP contribution in [0.1, 0.15) is 5.56 Å². The molecule has 1 atom stereocenters. The van der Waals surface area contributed by atoms with Crippen molar-refractivity contribution in [1.29, 1.82) is 0 Å². The van der Waals surface area contributed by atoms with E-state index in [1.54, 1.807) is 0 Å². The smallest absolute Gasteiger partial charge is 0.306 e. The lowest BCUT2D eigenvalue weighted by Gasteiger charge is -2.04. The van der Waals surface area contributed by atoms with Crippen molar-refractivity contribution < 1.29 is 9.90 Å². The van der Waals surface area contributed by atoms with Crippen molar-refractivity contribution in [1.82, 2.24) is 0 Å². The van der Waals surface area contributed by atoms with E-state index >= 15 is 0 Å². The average molecular weight is 163 g/mol. The Morgan fingerprint density at radius 3 is 2.50 bits per heavy atom. The molecule has 0 aliphatic rings. The Kier molecular flexibility index (Phi) is 2.86. The number of hydrogen-bond acceptors (Lipinski definition) is 1. The SMILES string of the molecule is [CH2][C@@H](Cc1ccccc1)C(=O)O. The van der Waals surface area contributed by atoms with Gasteiger partial charge in [-0.05, 0) is 18.9 Å². The van der Waals surface area contributed by atoms with Crippen molar-refractivity contribution in [2.75, 3.05) is 0 Å². The van der Waals surface area contributed by atoms with Crippen LogP contribution in [0.3, 0.4) is 0 Å². The van der Waals surface area contributed by atoms with Gasteiger partial charge in [0.2, 0.25) is 0 Å². The molecule has 2 nitrogen and oxygen atoms in total. The first-order chi connectivity index (χ1) is 5.70. The van der Waals surface area contributed by atoms with Gasteiger partial charge in [-0.25, -0.2) is 0 Å². The predicted octanol–water partition coefficient (Wildman–Crippen LogP) is 1.76. The summed E-state index contributed by atoms with van der Waals surface area (Å²) in [6, 6.07) is 9.50. The van der Waals surface area contributed by atoms with Crippen molar-refractivity contribution in [2.24, 2.45) is 5.92 Å². The van der Waals surface area contributed by atoms with E-state index in [4.69, 9.17) is 5.11 Å². The Hall–Kier alpha value is -1.31. The van der Waals surface area contributed by atoms with Crippen LogP contribution in [0.15, 0.2) is 30.3 Å². The first kappa shape index (κ1) is 8.78. The fourth-order valence-corrected chi connectivity index (χ4v) is 0.986. The fraction of sp³-hybridized carbons (Fsp3) is 0.200.